The lowest BCUT2D eigenvalue weighted by Crippen LogP contribution is -2.24. The number of halogens is 2. The van der Waals surface area contributed by atoms with Gasteiger partial charge in [-0.05, 0) is 38.1 Å². The highest BCUT2D eigenvalue weighted by Gasteiger charge is 2.15. The maximum Gasteiger partial charge on any atom is 0.169 e. The standard InChI is InChI=1S/C15H21F2NO/c1-11(2)7-9-18(3)10-8-14(19)12-5-4-6-13(16)15(12)17/h4-6,11H,7-10H2,1-3H3. The highest BCUT2D eigenvalue weighted by atomic mass is 19.2. The summed E-state index contributed by atoms with van der Waals surface area (Å²) >= 11 is 0. The Labute approximate surface area is 113 Å². The Morgan fingerprint density at radius 3 is 2.58 bits per heavy atom. The minimum atomic E-state index is -1.04. The summed E-state index contributed by atoms with van der Waals surface area (Å²) in [5.41, 5.74) is -0.155. The van der Waals surface area contributed by atoms with Crippen LogP contribution in [0.5, 0.6) is 0 Å². The maximum atomic E-state index is 13.4. The first-order valence-corrected chi connectivity index (χ1v) is 6.57. The van der Waals surface area contributed by atoms with Crippen molar-refractivity contribution >= 4 is 5.78 Å². The molecule has 0 bridgehead atoms. The molecule has 2 nitrogen and oxygen atoms in total. The molecule has 0 saturated heterocycles. The Morgan fingerprint density at radius 1 is 1.26 bits per heavy atom. The smallest absolute Gasteiger partial charge is 0.169 e. The van der Waals surface area contributed by atoms with Crippen LogP contribution in [0.3, 0.4) is 0 Å². The second kappa shape index (κ2) is 7.34. The second-order valence-electron chi connectivity index (χ2n) is 5.26. The van der Waals surface area contributed by atoms with E-state index < -0.39 is 11.6 Å². The minimum Gasteiger partial charge on any atom is -0.306 e. The van der Waals surface area contributed by atoms with Gasteiger partial charge in [0.05, 0.1) is 5.56 Å². The molecule has 0 saturated carbocycles. The lowest BCUT2D eigenvalue weighted by atomic mass is 10.1. The van der Waals surface area contributed by atoms with Gasteiger partial charge in [-0.25, -0.2) is 8.78 Å². The van der Waals surface area contributed by atoms with Gasteiger partial charge in [0.25, 0.3) is 0 Å². The van der Waals surface area contributed by atoms with Crippen molar-refractivity contribution in [2.45, 2.75) is 26.7 Å². The van der Waals surface area contributed by atoms with E-state index in [0.29, 0.717) is 12.5 Å². The van der Waals surface area contributed by atoms with Crippen molar-refractivity contribution in [1.29, 1.82) is 0 Å². The van der Waals surface area contributed by atoms with E-state index >= 15 is 0 Å². The lowest BCUT2D eigenvalue weighted by molar-refractivity contribution is 0.0963. The molecule has 0 aliphatic rings. The van der Waals surface area contributed by atoms with E-state index in [4.69, 9.17) is 0 Å². The van der Waals surface area contributed by atoms with Crippen molar-refractivity contribution in [2.75, 3.05) is 20.1 Å². The number of rotatable bonds is 7. The Balaban J connectivity index is 2.49. The number of ketones is 1. The van der Waals surface area contributed by atoms with E-state index in [1.807, 2.05) is 11.9 Å². The number of hydrogen-bond acceptors (Lipinski definition) is 2. The molecule has 1 aromatic carbocycles. The molecule has 0 unspecified atom stereocenters. The van der Waals surface area contributed by atoms with Gasteiger partial charge in [-0.2, -0.15) is 0 Å². The predicted octanol–water partition coefficient (Wildman–Crippen LogP) is 3.52. The van der Waals surface area contributed by atoms with Gasteiger partial charge in [0.2, 0.25) is 0 Å². The molecule has 1 rings (SSSR count). The summed E-state index contributed by atoms with van der Waals surface area (Å²) in [5, 5.41) is 0. The molecule has 0 N–H and O–H groups in total. The number of benzene rings is 1. The van der Waals surface area contributed by atoms with Gasteiger partial charge in [-0.15, -0.1) is 0 Å². The Kier molecular flexibility index (Phi) is 6.09. The van der Waals surface area contributed by atoms with Crippen LogP contribution in [-0.4, -0.2) is 30.8 Å². The molecule has 0 aliphatic heterocycles. The Hall–Kier alpha value is -1.29. The van der Waals surface area contributed by atoms with Gasteiger partial charge >= 0.3 is 0 Å². The zero-order valence-electron chi connectivity index (χ0n) is 11.7. The van der Waals surface area contributed by atoms with Gasteiger partial charge in [0.15, 0.2) is 17.4 Å². The largest absolute Gasteiger partial charge is 0.306 e. The fourth-order valence-corrected chi connectivity index (χ4v) is 1.74. The van der Waals surface area contributed by atoms with Crippen LogP contribution < -0.4 is 0 Å². The van der Waals surface area contributed by atoms with Crippen LogP contribution in [0.15, 0.2) is 18.2 Å². The second-order valence-corrected chi connectivity index (χ2v) is 5.26. The van der Waals surface area contributed by atoms with Gasteiger partial charge in [-0.1, -0.05) is 19.9 Å². The number of Topliss-reactive ketones (excluding diaryl/α,β-unsaturated/α-hetero) is 1. The first-order valence-electron chi connectivity index (χ1n) is 6.57. The molecule has 0 atom stereocenters. The zero-order valence-corrected chi connectivity index (χ0v) is 11.7. The lowest BCUT2D eigenvalue weighted by Gasteiger charge is -2.17. The normalized spacial score (nSPS) is 11.3. The third-order valence-electron chi connectivity index (χ3n) is 3.06. The van der Waals surface area contributed by atoms with Gasteiger partial charge in [0.1, 0.15) is 0 Å². The molecule has 0 aliphatic carbocycles. The quantitative estimate of drug-likeness (QED) is 0.706. The van der Waals surface area contributed by atoms with E-state index in [2.05, 4.69) is 13.8 Å². The van der Waals surface area contributed by atoms with Gasteiger partial charge in [-0.3, -0.25) is 4.79 Å². The van der Waals surface area contributed by atoms with Crippen LogP contribution in [-0.2, 0) is 0 Å². The summed E-state index contributed by atoms with van der Waals surface area (Å²) in [4.78, 5) is 13.9. The van der Waals surface area contributed by atoms with Gasteiger partial charge < -0.3 is 4.90 Å². The topological polar surface area (TPSA) is 20.3 Å². The van der Waals surface area contributed by atoms with E-state index in [-0.39, 0.29) is 17.8 Å². The molecule has 0 spiro atoms. The minimum absolute atomic E-state index is 0.155. The molecule has 0 radical (unpaired) electrons. The average Bonchev–Trinajstić information content (AvgIpc) is 2.36. The van der Waals surface area contributed by atoms with Crippen LogP contribution >= 0.6 is 0 Å². The summed E-state index contributed by atoms with van der Waals surface area (Å²) in [7, 11) is 1.93. The molecule has 0 fully saturated rings. The maximum absolute atomic E-state index is 13.4. The van der Waals surface area contributed by atoms with E-state index in [0.717, 1.165) is 19.0 Å². The van der Waals surface area contributed by atoms with Gasteiger partial charge in [0, 0.05) is 13.0 Å². The Bertz CT molecular complexity index is 432. The molecule has 0 aromatic heterocycles. The fraction of sp³-hybridized carbons (Fsp3) is 0.533. The summed E-state index contributed by atoms with van der Waals surface area (Å²) in [6, 6.07) is 3.70. The third kappa shape index (κ3) is 5.07. The predicted molar refractivity (Wildman–Crippen MR) is 72.3 cm³/mol. The molecular formula is C15H21F2NO. The van der Waals surface area contributed by atoms with E-state index in [1.54, 1.807) is 0 Å². The van der Waals surface area contributed by atoms with E-state index in [1.165, 1.54) is 12.1 Å². The SMILES string of the molecule is CC(C)CCN(C)CCC(=O)c1cccc(F)c1F. The van der Waals surface area contributed by atoms with Crippen molar-refractivity contribution in [2.24, 2.45) is 5.92 Å². The molecule has 106 valence electrons. The van der Waals surface area contributed by atoms with Crippen LogP contribution in [0.1, 0.15) is 37.0 Å². The van der Waals surface area contributed by atoms with Crippen molar-refractivity contribution in [1.82, 2.24) is 4.90 Å². The summed E-state index contributed by atoms with van der Waals surface area (Å²) in [6.07, 6.45) is 1.26. The van der Waals surface area contributed by atoms with Crippen molar-refractivity contribution in [3.05, 3.63) is 35.4 Å². The number of carbonyl (C=O) groups is 1. The van der Waals surface area contributed by atoms with Crippen LogP contribution in [0.25, 0.3) is 0 Å². The third-order valence-corrected chi connectivity index (χ3v) is 3.06. The van der Waals surface area contributed by atoms with Crippen LogP contribution in [0.4, 0.5) is 8.78 Å². The Morgan fingerprint density at radius 2 is 1.95 bits per heavy atom. The molecule has 19 heavy (non-hydrogen) atoms. The average molecular weight is 269 g/mol. The monoisotopic (exact) mass is 269 g/mol. The number of carbonyl (C=O) groups excluding carboxylic acids is 1. The molecule has 4 heteroatoms. The summed E-state index contributed by atoms with van der Waals surface area (Å²) in [6.45, 7) is 5.74. The zero-order chi connectivity index (χ0) is 14.4. The van der Waals surface area contributed by atoms with Crippen LogP contribution in [0, 0.1) is 17.6 Å². The number of nitrogens with zero attached hydrogens (tertiary/aromatic N) is 1. The molecule has 1 aromatic rings. The highest BCUT2D eigenvalue weighted by Crippen LogP contribution is 2.13. The first-order chi connectivity index (χ1) is 8.91. The van der Waals surface area contributed by atoms with Crippen molar-refractivity contribution in [3.63, 3.8) is 0 Å². The fourth-order valence-electron chi connectivity index (χ4n) is 1.74. The number of hydrogen-bond donors (Lipinski definition) is 0. The first kappa shape index (κ1) is 15.8. The molecule has 0 heterocycles. The molecule has 0 amide bonds. The van der Waals surface area contributed by atoms with Crippen molar-refractivity contribution in [3.8, 4) is 0 Å². The summed E-state index contributed by atoms with van der Waals surface area (Å²) in [5.74, 6) is -1.76. The van der Waals surface area contributed by atoms with E-state index in [9.17, 15) is 13.6 Å². The molecular weight excluding hydrogens is 248 g/mol. The summed E-state index contributed by atoms with van der Waals surface area (Å²) < 4.78 is 26.4. The highest BCUT2D eigenvalue weighted by molar-refractivity contribution is 5.96. The van der Waals surface area contributed by atoms with Crippen LogP contribution in [0.2, 0.25) is 0 Å². The van der Waals surface area contributed by atoms with Crippen molar-refractivity contribution < 1.29 is 13.6 Å².